The van der Waals surface area contributed by atoms with Gasteiger partial charge in [-0.25, -0.2) is 0 Å². The van der Waals surface area contributed by atoms with Gasteiger partial charge < -0.3 is 5.73 Å². The molecule has 114 valence electrons. The fourth-order valence-corrected chi connectivity index (χ4v) is 2.38. The Kier molecular flexibility index (Phi) is 4.55. The molecule has 3 nitrogen and oxygen atoms in total. The van der Waals surface area contributed by atoms with Crippen LogP contribution in [0.4, 0.5) is 13.2 Å². The molecule has 0 bridgehead atoms. The molecule has 21 heavy (non-hydrogen) atoms. The average Bonchev–Trinajstić information content (AvgIpc) is 3.27. The number of hydrogen-bond acceptors (Lipinski definition) is 3. The highest BCUT2D eigenvalue weighted by atomic mass is 19.4. The van der Waals surface area contributed by atoms with Crippen molar-refractivity contribution in [1.82, 2.24) is 4.90 Å². The lowest BCUT2D eigenvalue weighted by atomic mass is 9.89. The maximum absolute atomic E-state index is 12.6. The third kappa shape index (κ3) is 4.45. The minimum absolute atomic E-state index is 0.0228. The largest absolute Gasteiger partial charge is 0.401 e. The van der Waals surface area contributed by atoms with Crippen LogP contribution in [-0.2, 0) is 5.54 Å². The van der Waals surface area contributed by atoms with Gasteiger partial charge in [0.25, 0.3) is 0 Å². The molecule has 1 unspecified atom stereocenters. The van der Waals surface area contributed by atoms with Gasteiger partial charge in [0.05, 0.1) is 12.6 Å². The van der Waals surface area contributed by atoms with Crippen LogP contribution < -0.4 is 5.73 Å². The molecule has 1 saturated carbocycles. The predicted molar refractivity (Wildman–Crippen MR) is 73.2 cm³/mol. The molecule has 1 aliphatic rings. The number of nitrogens with zero attached hydrogens (tertiary/aromatic N) is 2. The Bertz CT molecular complexity index is 505. The van der Waals surface area contributed by atoms with Crippen molar-refractivity contribution in [2.75, 3.05) is 13.1 Å². The first-order chi connectivity index (χ1) is 9.84. The molecule has 6 heteroatoms. The van der Waals surface area contributed by atoms with Gasteiger partial charge in [-0.1, -0.05) is 30.3 Å². The quantitative estimate of drug-likeness (QED) is 0.878. The van der Waals surface area contributed by atoms with Crippen LogP contribution in [0.15, 0.2) is 30.3 Å². The molecule has 0 aliphatic heterocycles. The van der Waals surface area contributed by atoms with E-state index in [1.165, 1.54) is 4.90 Å². The SMILES string of the molecule is N#CC(N)(CCN(CC(F)(F)F)C1CC1)c1ccccc1. The van der Waals surface area contributed by atoms with Crippen molar-refractivity contribution in [2.24, 2.45) is 5.73 Å². The Hall–Kier alpha value is -1.58. The normalized spacial score (nSPS) is 18.3. The van der Waals surface area contributed by atoms with E-state index in [0.717, 1.165) is 12.8 Å². The second-order valence-electron chi connectivity index (χ2n) is 5.52. The van der Waals surface area contributed by atoms with Crippen molar-refractivity contribution in [3.8, 4) is 6.07 Å². The summed E-state index contributed by atoms with van der Waals surface area (Å²) in [7, 11) is 0. The van der Waals surface area contributed by atoms with Gasteiger partial charge >= 0.3 is 6.18 Å². The first-order valence-electron chi connectivity index (χ1n) is 6.90. The molecule has 1 aromatic rings. The van der Waals surface area contributed by atoms with E-state index in [0.29, 0.717) is 5.56 Å². The topological polar surface area (TPSA) is 53.1 Å². The van der Waals surface area contributed by atoms with Crippen molar-refractivity contribution in [3.05, 3.63) is 35.9 Å². The van der Waals surface area contributed by atoms with Gasteiger partial charge in [-0.3, -0.25) is 4.90 Å². The molecule has 0 radical (unpaired) electrons. The van der Waals surface area contributed by atoms with E-state index >= 15 is 0 Å². The lowest BCUT2D eigenvalue weighted by Crippen LogP contribution is -2.42. The number of rotatable bonds is 6. The maximum atomic E-state index is 12.6. The van der Waals surface area contributed by atoms with Crippen LogP contribution in [0.3, 0.4) is 0 Å². The number of nitrogens with two attached hydrogens (primary N) is 1. The van der Waals surface area contributed by atoms with Crippen LogP contribution in [0.5, 0.6) is 0 Å². The summed E-state index contributed by atoms with van der Waals surface area (Å²) < 4.78 is 37.7. The Morgan fingerprint density at radius 2 is 1.86 bits per heavy atom. The van der Waals surface area contributed by atoms with Gasteiger partial charge in [0, 0.05) is 12.6 Å². The van der Waals surface area contributed by atoms with E-state index in [1.807, 2.05) is 6.07 Å². The van der Waals surface area contributed by atoms with Crippen molar-refractivity contribution in [1.29, 1.82) is 5.26 Å². The number of nitriles is 1. The lowest BCUT2D eigenvalue weighted by Gasteiger charge is -2.28. The van der Waals surface area contributed by atoms with Gasteiger partial charge in [-0.15, -0.1) is 0 Å². The lowest BCUT2D eigenvalue weighted by molar-refractivity contribution is -0.147. The standard InChI is InChI=1S/C15H18F3N3/c16-15(17,18)11-21(13-6-7-13)9-8-14(20,10-19)12-4-2-1-3-5-12/h1-5,13H,6-9,11,20H2. The van der Waals surface area contributed by atoms with Crippen LogP contribution in [0.1, 0.15) is 24.8 Å². The van der Waals surface area contributed by atoms with Crippen molar-refractivity contribution >= 4 is 0 Å². The van der Waals surface area contributed by atoms with Crippen LogP contribution >= 0.6 is 0 Å². The second kappa shape index (κ2) is 6.04. The zero-order valence-electron chi connectivity index (χ0n) is 11.6. The minimum atomic E-state index is -4.22. The summed E-state index contributed by atoms with van der Waals surface area (Å²) in [6.45, 7) is -0.767. The number of hydrogen-bond donors (Lipinski definition) is 1. The van der Waals surface area contributed by atoms with Gasteiger partial charge in [-0.05, 0) is 24.8 Å². The predicted octanol–water partition coefficient (Wildman–Crippen LogP) is 2.78. The Labute approximate surface area is 122 Å². The molecule has 0 heterocycles. The van der Waals surface area contributed by atoms with Crippen molar-refractivity contribution in [3.63, 3.8) is 0 Å². The first kappa shape index (κ1) is 15.8. The van der Waals surface area contributed by atoms with Gasteiger partial charge in [0.1, 0.15) is 5.54 Å². The van der Waals surface area contributed by atoms with Crippen LogP contribution in [0.2, 0.25) is 0 Å². The Balaban J connectivity index is 2.03. The van der Waals surface area contributed by atoms with E-state index in [4.69, 9.17) is 5.73 Å². The zero-order chi connectivity index (χ0) is 15.5. The molecule has 2 rings (SSSR count). The molecule has 1 fully saturated rings. The molecule has 2 N–H and O–H groups in total. The second-order valence-corrected chi connectivity index (χ2v) is 5.52. The molecule has 0 amide bonds. The zero-order valence-corrected chi connectivity index (χ0v) is 11.6. The monoisotopic (exact) mass is 297 g/mol. The van der Waals surface area contributed by atoms with Crippen LogP contribution in [-0.4, -0.2) is 30.2 Å². The number of halogens is 3. The molecule has 1 atom stereocenters. The molecular weight excluding hydrogens is 279 g/mol. The fraction of sp³-hybridized carbons (Fsp3) is 0.533. The van der Waals surface area contributed by atoms with Crippen molar-refractivity contribution in [2.45, 2.75) is 37.0 Å². The highest BCUT2D eigenvalue weighted by Gasteiger charge is 2.39. The summed E-state index contributed by atoms with van der Waals surface area (Å²) in [6, 6.07) is 10.8. The van der Waals surface area contributed by atoms with E-state index in [2.05, 4.69) is 0 Å². The first-order valence-corrected chi connectivity index (χ1v) is 6.90. The summed E-state index contributed by atoms with van der Waals surface area (Å²) in [5.74, 6) is 0. The summed E-state index contributed by atoms with van der Waals surface area (Å²) in [5, 5.41) is 9.32. The number of benzene rings is 1. The Morgan fingerprint density at radius 1 is 1.24 bits per heavy atom. The van der Waals surface area contributed by atoms with Gasteiger partial charge in [0.2, 0.25) is 0 Å². The fourth-order valence-electron chi connectivity index (χ4n) is 2.38. The van der Waals surface area contributed by atoms with Crippen LogP contribution in [0, 0.1) is 11.3 Å². The molecular formula is C15H18F3N3. The average molecular weight is 297 g/mol. The van der Waals surface area contributed by atoms with Crippen molar-refractivity contribution < 1.29 is 13.2 Å². The van der Waals surface area contributed by atoms with Gasteiger partial charge in [0.15, 0.2) is 0 Å². The summed E-state index contributed by atoms with van der Waals surface area (Å²) in [4.78, 5) is 1.39. The third-order valence-electron chi connectivity index (χ3n) is 3.73. The van der Waals surface area contributed by atoms with E-state index in [-0.39, 0.29) is 19.0 Å². The maximum Gasteiger partial charge on any atom is 0.401 e. The number of alkyl halides is 3. The van der Waals surface area contributed by atoms with E-state index in [1.54, 1.807) is 30.3 Å². The third-order valence-corrected chi connectivity index (χ3v) is 3.73. The molecule has 1 aromatic carbocycles. The van der Waals surface area contributed by atoms with E-state index < -0.39 is 18.3 Å². The summed E-state index contributed by atoms with van der Waals surface area (Å²) in [5.41, 5.74) is 5.47. The van der Waals surface area contributed by atoms with E-state index in [9.17, 15) is 18.4 Å². The molecule has 0 spiro atoms. The highest BCUT2D eigenvalue weighted by Crippen LogP contribution is 2.31. The molecule has 1 aliphatic carbocycles. The molecule has 0 saturated heterocycles. The summed E-state index contributed by atoms with van der Waals surface area (Å²) >= 11 is 0. The summed E-state index contributed by atoms with van der Waals surface area (Å²) in [6.07, 6.45) is -2.48. The smallest absolute Gasteiger partial charge is 0.310 e. The molecule has 0 aromatic heterocycles. The van der Waals surface area contributed by atoms with Crippen LogP contribution in [0.25, 0.3) is 0 Å². The Morgan fingerprint density at radius 3 is 2.33 bits per heavy atom. The highest BCUT2D eigenvalue weighted by molar-refractivity contribution is 5.30. The van der Waals surface area contributed by atoms with Gasteiger partial charge in [-0.2, -0.15) is 18.4 Å². The minimum Gasteiger partial charge on any atom is -0.310 e.